The van der Waals surface area contributed by atoms with Crippen molar-refractivity contribution >= 4 is 11.8 Å². The number of Topliss-reactive ketones (excluding diaryl/α,β-unsaturated/α-hetero) is 1. The Morgan fingerprint density at radius 2 is 1.70 bits per heavy atom. The molecule has 0 amide bonds. The maximum atomic E-state index is 12.0. The summed E-state index contributed by atoms with van der Waals surface area (Å²) in [7, 11) is 1.25. The Hall–Kier alpha value is -3.22. The molecule has 23 heavy (non-hydrogen) atoms. The molecule has 7 nitrogen and oxygen atoms in total. The van der Waals surface area contributed by atoms with Crippen LogP contribution < -0.4 is 4.74 Å². The fourth-order valence-corrected chi connectivity index (χ4v) is 1.93. The number of hydrogen-bond acceptors (Lipinski definition) is 7. The Labute approximate surface area is 131 Å². The van der Waals surface area contributed by atoms with Crippen LogP contribution in [0.5, 0.6) is 23.0 Å². The minimum absolute atomic E-state index is 0.249. The van der Waals surface area contributed by atoms with E-state index in [1.54, 1.807) is 6.07 Å². The first-order valence-corrected chi connectivity index (χ1v) is 6.51. The van der Waals surface area contributed by atoms with Gasteiger partial charge >= 0.3 is 5.97 Å². The Morgan fingerprint density at radius 3 is 2.30 bits per heavy atom. The van der Waals surface area contributed by atoms with E-state index in [9.17, 15) is 24.9 Å². The number of benzene rings is 2. The number of methoxy groups -OCH3 is 1. The minimum Gasteiger partial charge on any atom is -0.508 e. The average Bonchev–Trinajstić information content (AvgIpc) is 2.51. The van der Waals surface area contributed by atoms with Gasteiger partial charge in [-0.25, -0.2) is 4.79 Å². The summed E-state index contributed by atoms with van der Waals surface area (Å²) in [5.74, 6) is -2.47. The van der Waals surface area contributed by atoms with E-state index in [-0.39, 0.29) is 22.6 Å². The van der Waals surface area contributed by atoms with E-state index in [4.69, 9.17) is 4.74 Å². The molecule has 0 spiro atoms. The smallest absolute Gasteiger partial charge is 0.337 e. The quantitative estimate of drug-likeness (QED) is 0.569. The van der Waals surface area contributed by atoms with Gasteiger partial charge in [0.1, 0.15) is 28.6 Å². The maximum Gasteiger partial charge on any atom is 0.337 e. The second-order valence-corrected chi connectivity index (χ2v) is 4.59. The van der Waals surface area contributed by atoms with Crippen molar-refractivity contribution in [1.29, 1.82) is 0 Å². The largest absolute Gasteiger partial charge is 0.508 e. The molecule has 0 bridgehead atoms. The lowest BCUT2D eigenvalue weighted by Crippen LogP contribution is -2.12. The van der Waals surface area contributed by atoms with Crippen LogP contribution in [-0.2, 0) is 4.74 Å². The first-order valence-electron chi connectivity index (χ1n) is 6.51. The Balaban J connectivity index is 2.12. The lowest BCUT2D eigenvalue weighted by Gasteiger charge is -2.09. The van der Waals surface area contributed by atoms with E-state index in [0.29, 0.717) is 0 Å². The van der Waals surface area contributed by atoms with Crippen molar-refractivity contribution in [3.8, 4) is 23.0 Å². The fraction of sp³-hybridized carbons (Fsp3) is 0.125. The molecule has 2 rings (SSSR count). The van der Waals surface area contributed by atoms with Gasteiger partial charge in [0.15, 0.2) is 6.61 Å². The second-order valence-electron chi connectivity index (χ2n) is 4.59. The maximum absolute atomic E-state index is 12.0. The van der Waals surface area contributed by atoms with Gasteiger partial charge in [-0.3, -0.25) is 4.79 Å². The molecule has 2 aromatic rings. The first kappa shape index (κ1) is 16.2. The number of phenolic OH excluding ortho intramolecular Hbond substituents is 3. The van der Waals surface area contributed by atoms with Crippen molar-refractivity contribution in [2.24, 2.45) is 0 Å². The van der Waals surface area contributed by atoms with E-state index in [1.807, 2.05) is 0 Å². The number of ether oxygens (including phenoxy) is 2. The standard InChI is InChI=1S/C16H14O7/c1-22-16(21)9-3-2-4-11(5-9)23-8-14(20)15-12(18)6-10(17)7-13(15)19/h2-7,17-19H,8H2,1H3. The van der Waals surface area contributed by atoms with E-state index < -0.39 is 29.9 Å². The molecule has 0 aromatic heterocycles. The van der Waals surface area contributed by atoms with Gasteiger partial charge in [-0.2, -0.15) is 0 Å². The molecule has 0 saturated heterocycles. The summed E-state index contributed by atoms with van der Waals surface area (Å²) in [5.41, 5.74) is -0.0975. The van der Waals surface area contributed by atoms with E-state index >= 15 is 0 Å². The zero-order valence-electron chi connectivity index (χ0n) is 12.1. The molecule has 0 unspecified atom stereocenters. The molecule has 120 valence electrons. The third kappa shape index (κ3) is 3.70. The predicted octanol–water partition coefficient (Wildman–Crippen LogP) is 1.85. The molecule has 0 aliphatic rings. The zero-order valence-corrected chi connectivity index (χ0v) is 12.1. The molecular weight excluding hydrogens is 304 g/mol. The SMILES string of the molecule is COC(=O)c1cccc(OCC(=O)c2c(O)cc(O)cc2O)c1. The highest BCUT2D eigenvalue weighted by Crippen LogP contribution is 2.32. The number of phenols is 3. The van der Waals surface area contributed by atoms with E-state index in [1.165, 1.54) is 25.3 Å². The van der Waals surface area contributed by atoms with Crippen molar-refractivity contribution in [2.45, 2.75) is 0 Å². The van der Waals surface area contributed by atoms with Crippen molar-refractivity contribution in [3.63, 3.8) is 0 Å². The van der Waals surface area contributed by atoms with Gasteiger partial charge in [0.2, 0.25) is 5.78 Å². The Kier molecular flexibility index (Phi) is 4.70. The fourth-order valence-electron chi connectivity index (χ4n) is 1.93. The molecule has 3 N–H and O–H groups in total. The van der Waals surface area contributed by atoms with Crippen LogP contribution in [-0.4, -0.2) is 40.8 Å². The van der Waals surface area contributed by atoms with Crippen LogP contribution in [0.2, 0.25) is 0 Å². The molecule has 0 heterocycles. The average molecular weight is 318 g/mol. The number of carbonyl (C=O) groups is 2. The molecule has 0 radical (unpaired) electrons. The van der Waals surface area contributed by atoms with Gasteiger partial charge in [-0.15, -0.1) is 0 Å². The van der Waals surface area contributed by atoms with Gasteiger partial charge < -0.3 is 24.8 Å². The number of hydrogen-bond donors (Lipinski definition) is 3. The number of esters is 1. The molecule has 7 heteroatoms. The molecule has 0 aliphatic carbocycles. The number of ketones is 1. The van der Waals surface area contributed by atoms with Gasteiger partial charge in [-0.1, -0.05) is 6.07 Å². The van der Waals surface area contributed by atoms with Crippen molar-refractivity contribution in [1.82, 2.24) is 0 Å². The first-order chi connectivity index (χ1) is 10.9. The Bertz CT molecular complexity index is 729. The van der Waals surface area contributed by atoms with Crippen LogP contribution in [0.1, 0.15) is 20.7 Å². The van der Waals surface area contributed by atoms with Crippen molar-refractivity contribution in [2.75, 3.05) is 13.7 Å². The normalized spacial score (nSPS) is 10.1. The Morgan fingerprint density at radius 1 is 1.04 bits per heavy atom. The zero-order chi connectivity index (χ0) is 17.0. The van der Waals surface area contributed by atoms with Crippen molar-refractivity contribution in [3.05, 3.63) is 47.5 Å². The van der Waals surface area contributed by atoms with Crippen LogP contribution in [0.4, 0.5) is 0 Å². The van der Waals surface area contributed by atoms with Crippen LogP contribution in [0.15, 0.2) is 36.4 Å². The van der Waals surface area contributed by atoms with Crippen LogP contribution in [0.3, 0.4) is 0 Å². The van der Waals surface area contributed by atoms with Gasteiger partial charge in [0, 0.05) is 12.1 Å². The predicted molar refractivity (Wildman–Crippen MR) is 79.0 cm³/mol. The topological polar surface area (TPSA) is 113 Å². The second kappa shape index (κ2) is 6.69. The molecule has 2 aromatic carbocycles. The molecule has 0 atom stereocenters. The number of carbonyl (C=O) groups excluding carboxylic acids is 2. The highest BCUT2D eigenvalue weighted by atomic mass is 16.5. The number of rotatable bonds is 5. The monoisotopic (exact) mass is 318 g/mol. The van der Waals surface area contributed by atoms with Crippen molar-refractivity contribution < 1.29 is 34.4 Å². The summed E-state index contributed by atoms with van der Waals surface area (Å²) in [5, 5.41) is 28.5. The lowest BCUT2D eigenvalue weighted by molar-refractivity contribution is 0.0600. The summed E-state index contributed by atoms with van der Waals surface area (Å²) in [4.78, 5) is 23.4. The van der Waals surface area contributed by atoms with Crippen LogP contribution >= 0.6 is 0 Å². The number of aromatic hydroxyl groups is 3. The summed E-state index contributed by atoms with van der Waals surface area (Å²) in [6.07, 6.45) is 0. The summed E-state index contributed by atoms with van der Waals surface area (Å²) in [6.45, 7) is -0.476. The third-order valence-electron chi connectivity index (χ3n) is 2.99. The third-order valence-corrected chi connectivity index (χ3v) is 2.99. The highest BCUT2D eigenvalue weighted by Gasteiger charge is 2.18. The van der Waals surface area contributed by atoms with Gasteiger partial charge in [-0.05, 0) is 18.2 Å². The minimum atomic E-state index is -0.691. The van der Waals surface area contributed by atoms with E-state index in [2.05, 4.69) is 4.74 Å². The molecule has 0 fully saturated rings. The molecular formula is C16H14O7. The van der Waals surface area contributed by atoms with Crippen LogP contribution in [0, 0.1) is 0 Å². The molecule has 0 saturated carbocycles. The summed E-state index contributed by atoms with van der Waals surface area (Å²) < 4.78 is 9.83. The molecule has 0 aliphatic heterocycles. The summed E-state index contributed by atoms with van der Waals surface area (Å²) >= 11 is 0. The lowest BCUT2D eigenvalue weighted by atomic mass is 10.1. The van der Waals surface area contributed by atoms with E-state index in [0.717, 1.165) is 12.1 Å². The van der Waals surface area contributed by atoms with Gasteiger partial charge in [0.05, 0.1) is 12.7 Å². The van der Waals surface area contributed by atoms with Crippen LogP contribution in [0.25, 0.3) is 0 Å². The summed E-state index contributed by atoms with van der Waals surface area (Å²) in [6, 6.07) is 7.89. The van der Waals surface area contributed by atoms with Gasteiger partial charge in [0.25, 0.3) is 0 Å². The highest BCUT2D eigenvalue weighted by molar-refractivity contribution is 6.02.